The summed E-state index contributed by atoms with van der Waals surface area (Å²) in [7, 11) is 2.00. The van der Waals surface area contributed by atoms with Crippen molar-refractivity contribution < 1.29 is 4.74 Å². The SMILES string of the molecule is CCC1=CN(C)CO1. The molecule has 2 heteroatoms. The number of rotatable bonds is 1. The van der Waals surface area contributed by atoms with Crippen molar-refractivity contribution in [1.29, 1.82) is 0 Å². The van der Waals surface area contributed by atoms with Crippen LogP contribution in [0.15, 0.2) is 12.0 Å². The summed E-state index contributed by atoms with van der Waals surface area (Å²) in [5.41, 5.74) is 0. The Labute approximate surface area is 49.7 Å². The van der Waals surface area contributed by atoms with E-state index in [1.807, 2.05) is 18.1 Å². The van der Waals surface area contributed by atoms with Crippen LogP contribution in [0.4, 0.5) is 0 Å². The first-order valence-corrected chi connectivity index (χ1v) is 2.86. The predicted molar refractivity (Wildman–Crippen MR) is 32.1 cm³/mol. The molecule has 0 bridgehead atoms. The predicted octanol–water partition coefficient (Wildman–Crippen LogP) is 1.16. The molecule has 1 rings (SSSR count). The second-order valence-electron chi connectivity index (χ2n) is 1.98. The molecule has 0 saturated heterocycles. The minimum atomic E-state index is 0.725. The highest BCUT2D eigenvalue weighted by Gasteiger charge is 2.05. The Bertz CT molecular complexity index is 109. The average Bonchev–Trinajstić information content (AvgIpc) is 2.14. The molecule has 0 fully saturated rings. The van der Waals surface area contributed by atoms with Crippen molar-refractivity contribution >= 4 is 0 Å². The third-order valence-electron chi connectivity index (χ3n) is 1.17. The molecule has 0 saturated carbocycles. The summed E-state index contributed by atoms with van der Waals surface area (Å²) >= 11 is 0. The molecule has 0 spiro atoms. The van der Waals surface area contributed by atoms with Crippen molar-refractivity contribution in [2.75, 3.05) is 13.8 Å². The fourth-order valence-corrected chi connectivity index (χ4v) is 0.698. The van der Waals surface area contributed by atoms with Gasteiger partial charge in [0.2, 0.25) is 0 Å². The number of nitrogens with zero attached hydrogens (tertiary/aromatic N) is 1. The van der Waals surface area contributed by atoms with Gasteiger partial charge in [-0.2, -0.15) is 0 Å². The smallest absolute Gasteiger partial charge is 0.160 e. The Morgan fingerprint density at radius 2 is 2.62 bits per heavy atom. The molecule has 46 valence electrons. The van der Waals surface area contributed by atoms with Crippen LogP contribution < -0.4 is 0 Å². The molecule has 0 aliphatic carbocycles. The third kappa shape index (κ3) is 0.941. The zero-order valence-electron chi connectivity index (χ0n) is 5.35. The van der Waals surface area contributed by atoms with Crippen LogP contribution in [0.2, 0.25) is 0 Å². The monoisotopic (exact) mass is 113 g/mol. The molecule has 0 amide bonds. The molecule has 0 atom stereocenters. The van der Waals surface area contributed by atoms with Crippen molar-refractivity contribution in [3.8, 4) is 0 Å². The van der Waals surface area contributed by atoms with Gasteiger partial charge in [-0.25, -0.2) is 0 Å². The first-order chi connectivity index (χ1) is 3.83. The molecule has 0 aromatic carbocycles. The van der Waals surface area contributed by atoms with Crippen molar-refractivity contribution in [3.63, 3.8) is 0 Å². The Morgan fingerprint density at radius 1 is 1.88 bits per heavy atom. The first kappa shape index (κ1) is 5.48. The standard InChI is InChI=1S/C6H11NO/c1-3-6-4-7(2)5-8-6/h4H,3,5H2,1-2H3. The minimum Gasteiger partial charge on any atom is -0.476 e. The highest BCUT2D eigenvalue weighted by molar-refractivity contribution is 4.94. The zero-order chi connectivity index (χ0) is 5.98. The van der Waals surface area contributed by atoms with Gasteiger partial charge in [0.15, 0.2) is 6.73 Å². The van der Waals surface area contributed by atoms with Gasteiger partial charge < -0.3 is 9.64 Å². The van der Waals surface area contributed by atoms with Crippen LogP contribution in [-0.4, -0.2) is 18.7 Å². The summed E-state index contributed by atoms with van der Waals surface area (Å²) in [4.78, 5) is 2.03. The van der Waals surface area contributed by atoms with Gasteiger partial charge in [0, 0.05) is 19.7 Å². The van der Waals surface area contributed by atoms with E-state index in [0.29, 0.717) is 0 Å². The largest absolute Gasteiger partial charge is 0.476 e. The molecule has 0 aromatic rings. The van der Waals surface area contributed by atoms with E-state index in [2.05, 4.69) is 6.92 Å². The first-order valence-electron chi connectivity index (χ1n) is 2.86. The molecule has 0 unspecified atom stereocenters. The van der Waals surface area contributed by atoms with E-state index in [1.165, 1.54) is 0 Å². The Morgan fingerprint density at radius 3 is 2.88 bits per heavy atom. The Balaban J connectivity index is 2.44. The summed E-state index contributed by atoms with van der Waals surface area (Å²) in [6.45, 7) is 2.81. The highest BCUT2D eigenvalue weighted by Crippen LogP contribution is 2.10. The fourth-order valence-electron chi connectivity index (χ4n) is 0.698. The third-order valence-corrected chi connectivity index (χ3v) is 1.17. The molecule has 2 nitrogen and oxygen atoms in total. The maximum Gasteiger partial charge on any atom is 0.160 e. The van der Waals surface area contributed by atoms with Crippen LogP contribution >= 0.6 is 0 Å². The van der Waals surface area contributed by atoms with Gasteiger partial charge in [-0.3, -0.25) is 0 Å². The van der Waals surface area contributed by atoms with E-state index in [4.69, 9.17) is 4.74 Å². The van der Waals surface area contributed by atoms with E-state index in [9.17, 15) is 0 Å². The summed E-state index contributed by atoms with van der Waals surface area (Å²) in [5.74, 6) is 1.09. The summed E-state index contributed by atoms with van der Waals surface area (Å²) in [5, 5.41) is 0. The Kier molecular flexibility index (Phi) is 1.42. The molecular weight excluding hydrogens is 102 g/mol. The average molecular weight is 113 g/mol. The van der Waals surface area contributed by atoms with Gasteiger partial charge in [-0.05, 0) is 0 Å². The van der Waals surface area contributed by atoms with Crippen LogP contribution in [0.3, 0.4) is 0 Å². The number of hydrogen-bond donors (Lipinski definition) is 0. The van der Waals surface area contributed by atoms with E-state index < -0.39 is 0 Å². The zero-order valence-corrected chi connectivity index (χ0v) is 5.35. The summed E-state index contributed by atoms with van der Waals surface area (Å²) < 4.78 is 5.20. The fraction of sp³-hybridized carbons (Fsp3) is 0.667. The maximum absolute atomic E-state index is 5.20. The molecule has 0 radical (unpaired) electrons. The van der Waals surface area contributed by atoms with Gasteiger partial charge in [0.25, 0.3) is 0 Å². The highest BCUT2D eigenvalue weighted by atomic mass is 16.5. The van der Waals surface area contributed by atoms with E-state index in [0.717, 1.165) is 18.9 Å². The molecular formula is C6H11NO. The topological polar surface area (TPSA) is 12.5 Å². The lowest BCUT2D eigenvalue weighted by molar-refractivity contribution is 0.165. The minimum absolute atomic E-state index is 0.725. The van der Waals surface area contributed by atoms with Crippen LogP contribution in [0.1, 0.15) is 13.3 Å². The van der Waals surface area contributed by atoms with E-state index in [1.54, 1.807) is 0 Å². The number of allylic oxidation sites excluding steroid dienone is 1. The van der Waals surface area contributed by atoms with Crippen molar-refractivity contribution in [2.45, 2.75) is 13.3 Å². The van der Waals surface area contributed by atoms with Gasteiger partial charge in [0.1, 0.15) is 5.76 Å². The van der Waals surface area contributed by atoms with E-state index >= 15 is 0 Å². The van der Waals surface area contributed by atoms with Gasteiger partial charge >= 0.3 is 0 Å². The van der Waals surface area contributed by atoms with Gasteiger partial charge in [-0.15, -0.1) is 0 Å². The lowest BCUT2D eigenvalue weighted by Gasteiger charge is -2.01. The number of ether oxygens (including phenoxy) is 1. The van der Waals surface area contributed by atoms with Crippen LogP contribution in [0.25, 0.3) is 0 Å². The second kappa shape index (κ2) is 2.07. The van der Waals surface area contributed by atoms with Crippen LogP contribution in [0.5, 0.6) is 0 Å². The molecule has 8 heavy (non-hydrogen) atoms. The molecule has 0 N–H and O–H groups in total. The molecule has 1 heterocycles. The van der Waals surface area contributed by atoms with Crippen molar-refractivity contribution in [2.24, 2.45) is 0 Å². The molecule has 0 aromatic heterocycles. The summed E-state index contributed by atoms with van der Waals surface area (Å²) in [6.07, 6.45) is 3.03. The van der Waals surface area contributed by atoms with Crippen molar-refractivity contribution in [1.82, 2.24) is 4.90 Å². The molecule has 1 aliphatic heterocycles. The van der Waals surface area contributed by atoms with Crippen molar-refractivity contribution in [3.05, 3.63) is 12.0 Å². The van der Waals surface area contributed by atoms with Gasteiger partial charge in [0.05, 0.1) is 0 Å². The van der Waals surface area contributed by atoms with Gasteiger partial charge in [-0.1, -0.05) is 6.92 Å². The maximum atomic E-state index is 5.20. The van der Waals surface area contributed by atoms with Crippen LogP contribution in [0, 0.1) is 0 Å². The second-order valence-corrected chi connectivity index (χ2v) is 1.98. The number of hydrogen-bond acceptors (Lipinski definition) is 2. The Hall–Kier alpha value is -0.660. The van der Waals surface area contributed by atoms with E-state index in [-0.39, 0.29) is 0 Å². The quantitative estimate of drug-likeness (QED) is 0.506. The normalized spacial score (nSPS) is 18.2. The van der Waals surface area contributed by atoms with Crippen LogP contribution in [-0.2, 0) is 4.74 Å². The lowest BCUT2D eigenvalue weighted by Crippen LogP contribution is -2.05. The lowest BCUT2D eigenvalue weighted by atomic mass is 10.4. The molecule has 1 aliphatic rings. The summed E-state index contributed by atoms with van der Waals surface area (Å²) in [6, 6.07) is 0.